The zero-order valence-electron chi connectivity index (χ0n) is 18.4. The van der Waals surface area contributed by atoms with Gasteiger partial charge in [0.2, 0.25) is 0 Å². The first-order valence-corrected chi connectivity index (χ1v) is 11.5. The van der Waals surface area contributed by atoms with Crippen LogP contribution in [0.5, 0.6) is 0 Å². The van der Waals surface area contributed by atoms with Gasteiger partial charge >= 0.3 is 0 Å². The van der Waals surface area contributed by atoms with E-state index in [1.54, 1.807) is 0 Å². The number of hydrogen-bond acceptors (Lipinski definition) is 7. The lowest BCUT2D eigenvalue weighted by Crippen LogP contribution is -2.56. The molecule has 3 heterocycles. The number of ether oxygens (including phenoxy) is 7. The average Bonchev–Trinajstić information content (AvgIpc) is 3.28. The molecular formula is C22H40O7. The van der Waals surface area contributed by atoms with Crippen LogP contribution < -0.4 is 0 Å². The fraction of sp³-hybridized carbons (Fsp3) is 1.00. The van der Waals surface area contributed by atoms with E-state index in [0.29, 0.717) is 13.2 Å². The van der Waals surface area contributed by atoms with Gasteiger partial charge < -0.3 is 33.2 Å². The Kier molecular flexibility index (Phi) is 9.62. The third-order valence-corrected chi connectivity index (χ3v) is 5.68. The van der Waals surface area contributed by atoms with Gasteiger partial charge in [-0.2, -0.15) is 0 Å². The molecule has 3 fully saturated rings. The highest BCUT2D eigenvalue weighted by molar-refractivity contribution is 4.97. The van der Waals surface area contributed by atoms with Crippen molar-refractivity contribution in [3.63, 3.8) is 0 Å². The fourth-order valence-electron chi connectivity index (χ4n) is 4.15. The first-order valence-electron chi connectivity index (χ1n) is 11.5. The first-order chi connectivity index (χ1) is 14.1. The molecule has 0 N–H and O–H groups in total. The number of hydrogen-bond donors (Lipinski definition) is 0. The van der Waals surface area contributed by atoms with Crippen molar-refractivity contribution in [1.29, 1.82) is 0 Å². The van der Waals surface area contributed by atoms with Crippen molar-refractivity contribution in [2.45, 2.75) is 109 Å². The molecule has 0 aliphatic carbocycles. The summed E-state index contributed by atoms with van der Waals surface area (Å²) in [5.41, 5.74) is 0. The number of unbranched alkanes of at least 4 members (excludes halogenated alkanes) is 6. The van der Waals surface area contributed by atoms with Crippen LogP contribution in [0, 0.1) is 0 Å². The van der Waals surface area contributed by atoms with E-state index in [9.17, 15) is 0 Å². The Morgan fingerprint density at radius 3 is 2.21 bits per heavy atom. The minimum atomic E-state index is -0.670. The van der Waals surface area contributed by atoms with Crippen molar-refractivity contribution in [3.05, 3.63) is 0 Å². The maximum absolute atomic E-state index is 6.07. The summed E-state index contributed by atoms with van der Waals surface area (Å²) in [4.78, 5) is 0. The lowest BCUT2D eigenvalue weighted by Gasteiger charge is -2.37. The standard InChI is InChI=1S/C22H40O7/c1-4-5-6-7-8-9-12-23-13-10-11-14-24-15-17-18-19(26-16-25-18)20-21(27-17)29-22(2,3)28-20/h17-21H,4-16H2,1-3H3/t17-,18+,19+,20-,21-/m1/s1. The molecule has 0 aromatic carbocycles. The topological polar surface area (TPSA) is 64.6 Å². The third-order valence-electron chi connectivity index (χ3n) is 5.68. The molecule has 0 radical (unpaired) electrons. The Bertz CT molecular complexity index is 458. The van der Waals surface area contributed by atoms with E-state index in [1.807, 2.05) is 13.8 Å². The third kappa shape index (κ3) is 7.13. The van der Waals surface area contributed by atoms with E-state index in [2.05, 4.69) is 6.92 Å². The van der Waals surface area contributed by atoms with Gasteiger partial charge in [-0.05, 0) is 33.1 Å². The molecule has 7 nitrogen and oxygen atoms in total. The minimum absolute atomic E-state index is 0.167. The Balaban J connectivity index is 1.21. The zero-order valence-corrected chi connectivity index (χ0v) is 18.4. The predicted molar refractivity (Wildman–Crippen MR) is 108 cm³/mol. The lowest BCUT2D eigenvalue weighted by atomic mass is 9.99. The van der Waals surface area contributed by atoms with Crippen LogP contribution >= 0.6 is 0 Å². The molecule has 7 heteroatoms. The van der Waals surface area contributed by atoms with E-state index < -0.39 is 12.1 Å². The van der Waals surface area contributed by atoms with Gasteiger partial charge in [-0.1, -0.05) is 39.0 Å². The molecule has 170 valence electrons. The molecule has 29 heavy (non-hydrogen) atoms. The molecule has 3 aliphatic heterocycles. The molecule has 0 aromatic heterocycles. The molecule has 3 saturated heterocycles. The van der Waals surface area contributed by atoms with E-state index in [1.165, 1.54) is 38.5 Å². The van der Waals surface area contributed by atoms with E-state index in [0.717, 1.165) is 26.1 Å². The summed E-state index contributed by atoms with van der Waals surface area (Å²) >= 11 is 0. The van der Waals surface area contributed by atoms with Crippen molar-refractivity contribution in [2.75, 3.05) is 33.2 Å². The van der Waals surface area contributed by atoms with Crippen LogP contribution in [0.15, 0.2) is 0 Å². The van der Waals surface area contributed by atoms with Crippen LogP contribution in [0.2, 0.25) is 0 Å². The van der Waals surface area contributed by atoms with Gasteiger partial charge in [0, 0.05) is 19.8 Å². The maximum atomic E-state index is 6.07. The van der Waals surface area contributed by atoms with Gasteiger partial charge in [0.15, 0.2) is 12.1 Å². The van der Waals surface area contributed by atoms with Crippen molar-refractivity contribution in [2.24, 2.45) is 0 Å². The van der Waals surface area contributed by atoms with Gasteiger partial charge in [-0.15, -0.1) is 0 Å². The second-order valence-electron chi connectivity index (χ2n) is 8.69. The molecule has 0 spiro atoms. The lowest BCUT2D eigenvalue weighted by molar-refractivity contribution is -0.241. The molecule has 3 rings (SSSR count). The van der Waals surface area contributed by atoms with Gasteiger partial charge in [-0.25, -0.2) is 0 Å². The fourth-order valence-corrected chi connectivity index (χ4v) is 4.15. The Labute approximate surface area is 175 Å². The first kappa shape index (κ1) is 23.4. The van der Waals surface area contributed by atoms with Crippen LogP contribution in [0.25, 0.3) is 0 Å². The molecular weight excluding hydrogens is 376 g/mol. The van der Waals surface area contributed by atoms with Gasteiger partial charge in [0.25, 0.3) is 0 Å². The summed E-state index contributed by atoms with van der Waals surface area (Å²) < 4.78 is 40.9. The van der Waals surface area contributed by atoms with Crippen molar-refractivity contribution in [3.8, 4) is 0 Å². The molecule has 0 aromatic rings. The number of rotatable bonds is 14. The highest BCUT2D eigenvalue weighted by atomic mass is 16.8. The smallest absolute Gasteiger partial charge is 0.190 e. The Hall–Kier alpha value is -0.280. The second-order valence-corrected chi connectivity index (χ2v) is 8.69. The molecule has 0 bridgehead atoms. The Morgan fingerprint density at radius 2 is 1.41 bits per heavy atom. The van der Waals surface area contributed by atoms with Crippen LogP contribution in [0.1, 0.15) is 72.1 Å². The summed E-state index contributed by atoms with van der Waals surface area (Å²) in [6.45, 7) is 9.13. The van der Waals surface area contributed by atoms with Gasteiger partial charge in [0.1, 0.15) is 31.2 Å². The van der Waals surface area contributed by atoms with E-state index >= 15 is 0 Å². The van der Waals surface area contributed by atoms with Crippen molar-refractivity contribution >= 4 is 0 Å². The van der Waals surface area contributed by atoms with Crippen LogP contribution in [0.4, 0.5) is 0 Å². The minimum Gasteiger partial charge on any atom is -0.381 e. The summed E-state index contributed by atoms with van der Waals surface area (Å²) in [6, 6.07) is 0. The summed E-state index contributed by atoms with van der Waals surface area (Å²) in [6.07, 6.45) is 8.57. The molecule has 0 unspecified atom stereocenters. The summed E-state index contributed by atoms with van der Waals surface area (Å²) in [5, 5.41) is 0. The average molecular weight is 417 g/mol. The summed E-state index contributed by atoms with van der Waals surface area (Å²) in [5.74, 6) is -0.670. The van der Waals surface area contributed by atoms with Crippen LogP contribution in [0.3, 0.4) is 0 Å². The second kappa shape index (κ2) is 11.9. The predicted octanol–water partition coefficient (Wildman–Crippen LogP) is 3.78. The maximum Gasteiger partial charge on any atom is 0.190 e. The van der Waals surface area contributed by atoms with Gasteiger partial charge in [-0.3, -0.25) is 0 Å². The van der Waals surface area contributed by atoms with Gasteiger partial charge in [0.05, 0.1) is 6.61 Å². The normalized spacial score (nSPS) is 33.0. The summed E-state index contributed by atoms with van der Waals surface area (Å²) in [7, 11) is 0. The zero-order chi connectivity index (χ0) is 20.5. The highest BCUT2D eigenvalue weighted by Gasteiger charge is 2.57. The highest BCUT2D eigenvalue weighted by Crippen LogP contribution is 2.40. The Morgan fingerprint density at radius 1 is 0.759 bits per heavy atom. The molecule has 5 atom stereocenters. The van der Waals surface area contributed by atoms with Crippen LogP contribution in [-0.4, -0.2) is 69.7 Å². The molecule has 0 amide bonds. The largest absolute Gasteiger partial charge is 0.381 e. The quantitative estimate of drug-likeness (QED) is 0.399. The molecule has 3 aliphatic rings. The number of fused-ring (bicyclic) bond motifs is 3. The monoisotopic (exact) mass is 416 g/mol. The van der Waals surface area contributed by atoms with Crippen molar-refractivity contribution in [1.82, 2.24) is 0 Å². The molecule has 0 saturated carbocycles. The van der Waals surface area contributed by atoms with E-state index in [4.69, 9.17) is 33.2 Å². The van der Waals surface area contributed by atoms with E-state index in [-0.39, 0.29) is 31.2 Å². The van der Waals surface area contributed by atoms with Crippen LogP contribution in [-0.2, 0) is 33.2 Å². The van der Waals surface area contributed by atoms with Crippen molar-refractivity contribution < 1.29 is 33.2 Å². The SMILES string of the molecule is CCCCCCCCOCCCCOC[C@H]1O[C@@H]2OC(C)(C)O[C@@H]2[C@H]2OCO[C@H]21.